The van der Waals surface area contributed by atoms with Crippen molar-refractivity contribution in [3.63, 3.8) is 0 Å². The number of aliphatic hydroxyl groups is 1. The third-order valence-corrected chi connectivity index (χ3v) is 5.43. The molecule has 0 amide bonds. The lowest BCUT2D eigenvalue weighted by Gasteiger charge is -2.49. The maximum absolute atomic E-state index is 9.26. The van der Waals surface area contributed by atoms with Crippen LogP contribution in [0.2, 0.25) is 0 Å². The molecular weight excluding hydrogens is 302 g/mol. The Labute approximate surface area is 124 Å². The quantitative estimate of drug-likeness (QED) is 0.902. The molecular formula is C16H24BrNO. The van der Waals surface area contributed by atoms with Gasteiger partial charge in [-0.25, -0.2) is 0 Å². The van der Waals surface area contributed by atoms with Crippen molar-refractivity contribution in [2.24, 2.45) is 5.92 Å². The van der Waals surface area contributed by atoms with Crippen LogP contribution in [0.1, 0.15) is 38.7 Å². The topological polar surface area (TPSA) is 23.5 Å². The van der Waals surface area contributed by atoms with Crippen LogP contribution in [0.5, 0.6) is 0 Å². The number of piperidine rings is 1. The Hall–Kier alpha value is -0.540. The number of nitrogens with zero attached hydrogens (tertiary/aromatic N) is 1. The Morgan fingerprint density at radius 2 is 2.16 bits per heavy atom. The second kappa shape index (κ2) is 5.84. The van der Waals surface area contributed by atoms with Crippen LogP contribution < -0.4 is 4.90 Å². The molecule has 1 fully saturated rings. The maximum Gasteiger partial charge on any atom is 0.0434 e. The molecule has 1 saturated heterocycles. The summed E-state index contributed by atoms with van der Waals surface area (Å²) in [6.45, 7) is 8.12. The van der Waals surface area contributed by atoms with Crippen molar-refractivity contribution in [2.75, 3.05) is 18.1 Å². The van der Waals surface area contributed by atoms with Gasteiger partial charge in [-0.1, -0.05) is 22.0 Å². The van der Waals surface area contributed by atoms with Crippen LogP contribution in [0, 0.1) is 12.8 Å². The highest BCUT2D eigenvalue weighted by Gasteiger charge is 2.38. The Balaban J connectivity index is 2.29. The van der Waals surface area contributed by atoms with Crippen LogP contribution in [0.15, 0.2) is 22.7 Å². The lowest BCUT2D eigenvalue weighted by Crippen LogP contribution is -2.53. The molecule has 0 bridgehead atoms. The van der Waals surface area contributed by atoms with Crippen molar-refractivity contribution >= 4 is 21.6 Å². The summed E-state index contributed by atoms with van der Waals surface area (Å²) in [5, 5.41) is 9.26. The van der Waals surface area contributed by atoms with E-state index in [2.05, 4.69) is 59.8 Å². The molecule has 0 aliphatic carbocycles. The van der Waals surface area contributed by atoms with Gasteiger partial charge in [-0.15, -0.1) is 0 Å². The molecule has 1 aliphatic heterocycles. The number of hydrogen-bond donors (Lipinski definition) is 1. The van der Waals surface area contributed by atoms with Crippen LogP contribution >= 0.6 is 15.9 Å². The van der Waals surface area contributed by atoms with Crippen molar-refractivity contribution in [3.05, 3.63) is 28.2 Å². The first-order valence-electron chi connectivity index (χ1n) is 7.11. The van der Waals surface area contributed by atoms with Crippen molar-refractivity contribution < 1.29 is 5.11 Å². The summed E-state index contributed by atoms with van der Waals surface area (Å²) >= 11 is 3.63. The van der Waals surface area contributed by atoms with Gasteiger partial charge in [0, 0.05) is 28.9 Å². The molecule has 1 heterocycles. The van der Waals surface area contributed by atoms with Crippen molar-refractivity contribution in [1.82, 2.24) is 0 Å². The van der Waals surface area contributed by atoms with Gasteiger partial charge in [0.2, 0.25) is 0 Å². The molecule has 0 saturated carbocycles. The molecule has 19 heavy (non-hydrogen) atoms. The Kier molecular flexibility index (Phi) is 4.57. The number of aryl methyl sites for hydroxylation is 1. The number of benzene rings is 1. The summed E-state index contributed by atoms with van der Waals surface area (Å²) in [6, 6.07) is 6.60. The van der Waals surface area contributed by atoms with Crippen LogP contribution in [-0.4, -0.2) is 23.8 Å². The normalized spacial score (nSPS) is 22.6. The number of rotatable bonds is 3. The third kappa shape index (κ3) is 2.97. The molecule has 0 radical (unpaired) electrons. The molecule has 2 nitrogen and oxygen atoms in total. The zero-order valence-corrected chi connectivity index (χ0v) is 13.7. The lowest BCUT2D eigenvalue weighted by atomic mass is 9.77. The van der Waals surface area contributed by atoms with E-state index in [4.69, 9.17) is 0 Å². The lowest BCUT2D eigenvalue weighted by molar-refractivity contribution is 0.176. The average molecular weight is 326 g/mol. The Morgan fingerprint density at radius 1 is 1.42 bits per heavy atom. The van der Waals surface area contributed by atoms with E-state index in [-0.39, 0.29) is 5.54 Å². The van der Waals surface area contributed by atoms with Gasteiger partial charge in [-0.05, 0) is 63.6 Å². The highest BCUT2D eigenvalue weighted by Crippen LogP contribution is 2.39. The van der Waals surface area contributed by atoms with Gasteiger partial charge in [-0.2, -0.15) is 0 Å². The van der Waals surface area contributed by atoms with Crippen molar-refractivity contribution in [3.8, 4) is 0 Å². The summed E-state index contributed by atoms with van der Waals surface area (Å²) in [5.41, 5.74) is 2.66. The zero-order valence-electron chi connectivity index (χ0n) is 12.1. The minimum Gasteiger partial charge on any atom is -0.396 e. The highest BCUT2D eigenvalue weighted by atomic mass is 79.9. The first-order valence-corrected chi connectivity index (χ1v) is 7.90. The van der Waals surface area contributed by atoms with Crippen LogP contribution in [-0.2, 0) is 0 Å². The molecule has 1 aromatic carbocycles. The first kappa shape index (κ1) is 14.9. The van der Waals surface area contributed by atoms with Gasteiger partial charge >= 0.3 is 0 Å². The SMILES string of the molecule is Cc1ccc(N2CCCC(CCO)C2(C)C)cc1Br. The second-order valence-electron chi connectivity index (χ2n) is 6.09. The maximum atomic E-state index is 9.26. The molecule has 3 heteroatoms. The largest absolute Gasteiger partial charge is 0.396 e. The van der Waals surface area contributed by atoms with Crippen LogP contribution in [0.4, 0.5) is 5.69 Å². The molecule has 0 aromatic heterocycles. The number of hydrogen-bond acceptors (Lipinski definition) is 2. The van der Waals surface area contributed by atoms with E-state index in [0.717, 1.165) is 13.0 Å². The van der Waals surface area contributed by atoms with Crippen molar-refractivity contribution in [2.45, 2.75) is 45.6 Å². The number of anilines is 1. The van der Waals surface area contributed by atoms with Gasteiger partial charge < -0.3 is 10.0 Å². The molecule has 1 N–H and O–H groups in total. The fourth-order valence-electron chi connectivity index (χ4n) is 3.22. The molecule has 1 aliphatic rings. The van der Waals surface area contributed by atoms with E-state index in [1.807, 2.05) is 0 Å². The van der Waals surface area contributed by atoms with Gasteiger partial charge in [0.15, 0.2) is 0 Å². The molecule has 1 unspecified atom stereocenters. The zero-order chi connectivity index (χ0) is 14.0. The van der Waals surface area contributed by atoms with E-state index in [1.54, 1.807) is 0 Å². The Bertz CT molecular complexity index is 442. The fraction of sp³-hybridized carbons (Fsp3) is 0.625. The van der Waals surface area contributed by atoms with Crippen LogP contribution in [0.3, 0.4) is 0 Å². The first-order chi connectivity index (χ1) is 8.96. The molecule has 1 aromatic rings. The fourth-order valence-corrected chi connectivity index (χ4v) is 3.59. The van der Waals surface area contributed by atoms with Crippen molar-refractivity contribution in [1.29, 1.82) is 0 Å². The summed E-state index contributed by atoms with van der Waals surface area (Å²) in [5.74, 6) is 0.561. The minimum absolute atomic E-state index is 0.107. The predicted molar refractivity (Wildman–Crippen MR) is 84.7 cm³/mol. The smallest absolute Gasteiger partial charge is 0.0434 e. The molecule has 2 rings (SSSR count). The standard InChI is InChI=1S/C16H24BrNO/c1-12-6-7-14(11-15(12)17)18-9-4-5-13(8-10-19)16(18,2)3/h6-7,11,13,19H,4-5,8-10H2,1-3H3. The highest BCUT2D eigenvalue weighted by molar-refractivity contribution is 9.10. The second-order valence-corrected chi connectivity index (χ2v) is 6.94. The van der Waals surface area contributed by atoms with Gasteiger partial charge in [0.25, 0.3) is 0 Å². The van der Waals surface area contributed by atoms with Gasteiger partial charge in [-0.3, -0.25) is 0 Å². The van der Waals surface area contributed by atoms with Crippen LogP contribution in [0.25, 0.3) is 0 Å². The number of aliphatic hydroxyl groups excluding tert-OH is 1. The van der Waals surface area contributed by atoms with E-state index >= 15 is 0 Å². The van der Waals surface area contributed by atoms with E-state index in [9.17, 15) is 5.11 Å². The monoisotopic (exact) mass is 325 g/mol. The summed E-state index contributed by atoms with van der Waals surface area (Å²) in [7, 11) is 0. The van der Waals surface area contributed by atoms with E-state index in [1.165, 1.54) is 28.6 Å². The summed E-state index contributed by atoms with van der Waals surface area (Å²) < 4.78 is 1.17. The average Bonchev–Trinajstić information content (AvgIpc) is 2.35. The third-order valence-electron chi connectivity index (χ3n) is 4.57. The minimum atomic E-state index is 0.107. The van der Waals surface area contributed by atoms with E-state index < -0.39 is 0 Å². The predicted octanol–water partition coefficient (Wildman–Crippen LogP) is 4.13. The molecule has 0 spiro atoms. The van der Waals surface area contributed by atoms with Gasteiger partial charge in [0.05, 0.1) is 0 Å². The summed E-state index contributed by atoms with van der Waals surface area (Å²) in [4.78, 5) is 2.50. The molecule has 1 atom stereocenters. The Morgan fingerprint density at radius 3 is 2.79 bits per heavy atom. The number of halogens is 1. The van der Waals surface area contributed by atoms with Gasteiger partial charge in [0.1, 0.15) is 0 Å². The molecule has 106 valence electrons. The summed E-state index contributed by atoms with van der Waals surface area (Å²) in [6.07, 6.45) is 3.33. The van der Waals surface area contributed by atoms with E-state index in [0.29, 0.717) is 12.5 Å².